The third-order valence-corrected chi connectivity index (χ3v) is 2.99. The van der Waals surface area contributed by atoms with E-state index in [4.69, 9.17) is 5.73 Å². The summed E-state index contributed by atoms with van der Waals surface area (Å²) in [4.78, 5) is 24.7. The molecular formula is C15H24ClN3O2. The molecule has 0 unspecified atom stereocenters. The number of hydrogen-bond acceptors (Lipinski definition) is 3. The van der Waals surface area contributed by atoms with E-state index in [2.05, 4.69) is 5.32 Å². The van der Waals surface area contributed by atoms with Crippen molar-refractivity contribution in [2.75, 3.05) is 11.9 Å². The molecule has 1 aromatic carbocycles. The topological polar surface area (TPSA) is 75.4 Å². The molecule has 21 heavy (non-hydrogen) atoms. The first-order valence-electron chi connectivity index (χ1n) is 6.80. The quantitative estimate of drug-likeness (QED) is 0.845. The molecule has 0 bridgehead atoms. The number of amides is 2. The third kappa shape index (κ3) is 6.60. The summed E-state index contributed by atoms with van der Waals surface area (Å²) in [6, 6.07) is 7.66. The summed E-state index contributed by atoms with van der Waals surface area (Å²) in [5.41, 5.74) is 7.10. The van der Waals surface area contributed by atoms with Gasteiger partial charge in [-0.3, -0.25) is 9.59 Å². The summed E-state index contributed by atoms with van der Waals surface area (Å²) in [7, 11) is 0. The fourth-order valence-corrected chi connectivity index (χ4v) is 1.90. The van der Waals surface area contributed by atoms with Crippen molar-refractivity contribution in [1.82, 2.24) is 4.90 Å². The van der Waals surface area contributed by atoms with E-state index in [1.54, 1.807) is 11.8 Å². The molecule has 0 aromatic heterocycles. The molecule has 0 fully saturated rings. The van der Waals surface area contributed by atoms with Gasteiger partial charge in [0, 0.05) is 38.2 Å². The summed E-state index contributed by atoms with van der Waals surface area (Å²) < 4.78 is 0. The van der Waals surface area contributed by atoms with Crippen LogP contribution < -0.4 is 11.1 Å². The number of nitrogens with zero attached hydrogens (tertiary/aromatic N) is 1. The van der Waals surface area contributed by atoms with Crippen LogP contribution in [-0.4, -0.2) is 29.3 Å². The largest absolute Gasteiger partial charge is 0.336 e. The monoisotopic (exact) mass is 313 g/mol. The van der Waals surface area contributed by atoms with Gasteiger partial charge in [-0.2, -0.15) is 0 Å². The molecule has 0 heterocycles. The molecule has 0 aliphatic rings. The molecule has 0 saturated heterocycles. The lowest BCUT2D eigenvalue weighted by molar-refractivity contribution is -0.131. The molecule has 0 radical (unpaired) electrons. The highest BCUT2D eigenvalue weighted by Gasteiger charge is 2.12. The van der Waals surface area contributed by atoms with Gasteiger partial charge in [0.05, 0.1) is 0 Å². The fraction of sp³-hybridized carbons (Fsp3) is 0.467. The Labute approximate surface area is 132 Å². The van der Waals surface area contributed by atoms with E-state index in [0.717, 1.165) is 11.3 Å². The average molecular weight is 314 g/mol. The van der Waals surface area contributed by atoms with Gasteiger partial charge in [-0.25, -0.2) is 0 Å². The summed E-state index contributed by atoms with van der Waals surface area (Å²) in [6.07, 6.45) is 0.313. The van der Waals surface area contributed by atoms with Crippen LogP contribution in [0.3, 0.4) is 0 Å². The minimum absolute atomic E-state index is 0. The first-order chi connectivity index (χ1) is 9.43. The van der Waals surface area contributed by atoms with Gasteiger partial charge >= 0.3 is 0 Å². The molecule has 3 N–H and O–H groups in total. The summed E-state index contributed by atoms with van der Waals surface area (Å²) in [5, 5.41) is 2.77. The van der Waals surface area contributed by atoms with Gasteiger partial charge in [0.2, 0.25) is 11.8 Å². The molecule has 0 aliphatic heterocycles. The zero-order valence-electron chi connectivity index (χ0n) is 12.8. The SMILES string of the molecule is CC(=O)N(Cc1ccc(NC(=O)CCN)cc1)C(C)C.Cl. The number of nitrogens with two attached hydrogens (primary N) is 1. The van der Waals surface area contributed by atoms with Crippen molar-refractivity contribution in [3.63, 3.8) is 0 Å². The number of carbonyl (C=O) groups excluding carboxylic acids is 2. The Bertz CT molecular complexity index is 460. The van der Waals surface area contributed by atoms with Crippen molar-refractivity contribution in [3.05, 3.63) is 29.8 Å². The second-order valence-corrected chi connectivity index (χ2v) is 5.02. The van der Waals surface area contributed by atoms with Gasteiger partial charge in [0.15, 0.2) is 0 Å². The van der Waals surface area contributed by atoms with Gasteiger partial charge in [0.1, 0.15) is 0 Å². The van der Waals surface area contributed by atoms with Crippen molar-refractivity contribution in [2.45, 2.75) is 39.8 Å². The van der Waals surface area contributed by atoms with E-state index in [1.165, 1.54) is 0 Å². The minimum Gasteiger partial charge on any atom is -0.336 e. The summed E-state index contributed by atoms with van der Waals surface area (Å²) in [5.74, 6) is -0.0341. The molecule has 1 rings (SSSR count). The smallest absolute Gasteiger partial charge is 0.225 e. The molecule has 0 spiro atoms. The molecule has 118 valence electrons. The Balaban J connectivity index is 0.00000400. The van der Waals surface area contributed by atoms with Gasteiger partial charge in [-0.1, -0.05) is 12.1 Å². The fourth-order valence-electron chi connectivity index (χ4n) is 1.90. The van der Waals surface area contributed by atoms with Crippen LogP contribution in [0.5, 0.6) is 0 Å². The van der Waals surface area contributed by atoms with Crippen molar-refractivity contribution in [1.29, 1.82) is 0 Å². The Morgan fingerprint density at radius 2 is 1.81 bits per heavy atom. The Morgan fingerprint density at radius 1 is 1.24 bits per heavy atom. The van der Waals surface area contributed by atoms with E-state index < -0.39 is 0 Å². The standard InChI is InChI=1S/C15H23N3O2.ClH/c1-11(2)18(12(3)19)10-13-4-6-14(7-5-13)17-15(20)8-9-16;/h4-7,11H,8-10,16H2,1-3H3,(H,17,20);1H. The molecule has 5 nitrogen and oxygen atoms in total. The van der Waals surface area contributed by atoms with Crippen LogP contribution in [0.2, 0.25) is 0 Å². The maximum Gasteiger partial charge on any atom is 0.225 e. The van der Waals surface area contributed by atoms with E-state index in [1.807, 2.05) is 38.1 Å². The normalized spacial score (nSPS) is 9.95. The number of anilines is 1. The molecule has 0 atom stereocenters. The van der Waals surface area contributed by atoms with Crippen molar-refractivity contribution in [2.24, 2.45) is 5.73 Å². The third-order valence-electron chi connectivity index (χ3n) is 2.99. The highest BCUT2D eigenvalue weighted by molar-refractivity contribution is 5.90. The molecule has 0 saturated carbocycles. The second kappa shape index (κ2) is 9.37. The lowest BCUT2D eigenvalue weighted by Crippen LogP contribution is -2.34. The maximum atomic E-state index is 11.5. The van der Waals surface area contributed by atoms with Gasteiger partial charge < -0.3 is 16.0 Å². The summed E-state index contributed by atoms with van der Waals surface area (Å²) in [6.45, 7) is 6.46. The van der Waals surface area contributed by atoms with Crippen molar-refractivity contribution < 1.29 is 9.59 Å². The number of halogens is 1. The van der Waals surface area contributed by atoms with E-state index in [0.29, 0.717) is 19.5 Å². The first-order valence-corrected chi connectivity index (χ1v) is 6.80. The molecule has 2 amide bonds. The predicted molar refractivity (Wildman–Crippen MR) is 87.4 cm³/mol. The predicted octanol–water partition coefficient (Wildman–Crippen LogP) is 2.15. The second-order valence-electron chi connectivity index (χ2n) is 5.02. The van der Waals surface area contributed by atoms with Crippen LogP contribution in [0.1, 0.15) is 32.8 Å². The van der Waals surface area contributed by atoms with Crippen LogP contribution in [0.25, 0.3) is 0 Å². The Kier molecular flexibility index (Phi) is 8.66. The van der Waals surface area contributed by atoms with Gasteiger partial charge in [-0.05, 0) is 31.5 Å². The van der Waals surface area contributed by atoms with Gasteiger partial charge in [-0.15, -0.1) is 12.4 Å². The average Bonchev–Trinajstić information content (AvgIpc) is 2.37. The van der Waals surface area contributed by atoms with Crippen LogP contribution >= 0.6 is 12.4 Å². The van der Waals surface area contributed by atoms with E-state index >= 15 is 0 Å². The lowest BCUT2D eigenvalue weighted by atomic mass is 10.1. The van der Waals surface area contributed by atoms with E-state index in [9.17, 15) is 9.59 Å². The highest BCUT2D eigenvalue weighted by atomic mass is 35.5. The molecule has 6 heteroatoms. The molecule has 0 aliphatic carbocycles. The maximum absolute atomic E-state index is 11.5. The zero-order valence-corrected chi connectivity index (χ0v) is 13.6. The van der Waals surface area contributed by atoms with Crippen LogP contribution in [-0.2, 0) is 16.1 Å². The first kappa shape index (κ1) is 19.4. The van der Waals surface area contributed by atoms with Gasteiger partial charge in [0.25, 0.3) is 0 Å². The number of carbonyl (C=O) groups is 2. The van der Waals surface area contributed by atoms with Crippen molar-refractivity contribution in [3.8, 4) is 0 Å². The van der Waals surface area contributed by atoms with Crippen LogP contribution in [0.15, 0.2) is 24.3 Å². The molecule has 1 aromatic rings. The number of rotatable bonds is 6. The number of nitrogens with one attached hydrogen (secondary N) is 1. The molecular weight excluding hydrogens is 290 g/mol. The number of hydrogen-bond donors (Lipinski definition) is 2. The zero-order chi connectivity index (χ0) is 15.1. The Morgan fingerprint density at radius 3 is 2.24 bits per heavy atom. The van der Waals surface area contributed by atoms with Crippen LogP contribution in [0, 0.1) is 0 Å². The Hall–Kier alpha value is -1.59. The highest BCUT2D eigenvalue weighted by Crippen LogP contribution is 2.13. The van der Waals surface area contributed by atoms with Crippen molar-refractivity contribution >= 4 is 29.9 Å². The number of benzene rings is 1. The summed E-state index contributed by atoms with van der Waals surface area (Å²) >= 11 is 0. The lowest BCUT2D eigenvalue weighted by Gasteiger charge is -2.25. The van der Waals surface area contributed by atoms with Crippen LogP contribution in [0.4, 0.5) is 5.69 Å². The minimum atomic E-state index is -0.0900. The van der Waals surface area contributed by atoms with E-state index in [-0.39, 0.29) is 30.3 Å².